The van der Waals surface area contributed by atoms with Gasteiger partial charge in [-0.15, -0.1) is 0 Å². The molecule has 1 atom stereocenters. The van der Waals surface area contributed by atoms with Crippen LogP contribution in [0.4, 0.5) is 0 Å². The summed E-state index contributed by atoms with van der Waals surface area (Å²) >= 11 is 0. The molecule has 1 aromatic heterocycles. The average molecular weight is 221 g/mol. The van der Waals surface area contributed by atoms with Crippen LogP contribution in [0.1, 0.15) is 51.4 Å². The number of hydrogen-bond acceptors (Lipinski definition) is 2. The zero-order chi connectivity index (χ0) is 11.6. The summed E-state index contributed by atoms with van der Waals surface area (Å²) in [6.07, 6.45) is 9.35. The molecule has 90 valence electrons. The third kappa shape index (κ3) is 2.46. The molecule has 0 amide bonds. The number of aryl methyl sites for hydroxylation is 1. The second-order valence-corrected chi connectivity index (χ2v) is 5.25. The van der Waals surface area contributed by atoms with Crippen molar-refractivity contribution < 1.29 is 0 Å². The van der Waals surface area contributed by atoms with Gasteiger partial charge in [-0.05, 0) is 31.6 Å². The maximum Gasteiger partial charge on any atom is 0.125 e. The van der Waals surface area contributed by atoms with Crippen LogP contribution < -0.4 is 5.32 Å². The summed E-state index contributed by atoms with van der Waals surface area (Å²) in [5.41, 5.74) is 0.619. The van der Waals surface area contributed by atoms with E-state index < -0.39 is 0 Å². The quantitative estimate of drug-likeness (QED) is 0.800. The van der Waals surface area contributed by atoms with Crippen molar-refractivity contribution in [3.63, 3.8) is 0 Å². The first kappa shape index (κ1) is 11.6. The standard InChI is InChI=1S/C13H23N3/c1-4-5-13(6-7-13)10-15-11(2)12-14-8-9-16(12)3/h8-9,11,15H,4-7,10H2,1-3H3. The van der Waals surface area contributed by atoms with E-state index in [1.54, 1.807) is 0 Å². The minimum absolute atomic E-state index is 0.356. The molecular weight excluding hydrogens is 198 g/mol. The molecule has 1 fully saturated rings. The molecule has 3 heteroatoms. The Morgan fingerprint density at radius 1 is 1.56 bits per heavy atom. The summed E-state index contributed by atoms with van der Waals surface area (Å²) in [4.78, 5) is 4.38. The van der Waals surface area contributed by atoms with E-state index in [4.69, 9.17) is 0 Å². The molecule has 0 aromatic carbocycles. The largest absolute Gasteiger partial charge is 0.337 e. The topological polar surface area (TPSA) is 29.9 Å². The van der Waals surface area contributed by atoms with Gasteiger partial charge in [-0.25, -0.2) is 4.98 Å². The van der Waals surface area contributed by atoms with Gasteiger partial charge in [0.25, 0.3) is 0 Å². The van der Waals surface area contributed by atoms with Crippen molar-refractivity contribution in [2.75, 3.05) is 6.54 Å². The van der Waals surface area contributed by atoms with Crippen molar-refractivity contribution in [2.24, 2.45) is 12.5 Å². The lowest BCUT2D eigenvalue weighted by Gasteiger charge is -2.19. The van der Waals surface area contributed by atoms with Crippen LogP contribution in [0.3, 0.4) is 0 Å². The second kappa shape index (κ2) is 4.58. The van der Waals surface area contributed by atoms with Gasteiger partial charge in [-0.1, -0.05) is 13.3 Å². The molecule has 0 bridgehead atoms. The SMILES string of the molecule is CCCC1(CNC(C)c2nccn2C)CC1. The molecule has 1 aromatic rings. The van der Waals surface area contributed by atoms with Crippen molar-refractivity contribution in [1.82, 2.24) is 14.9 Å². The van der Waals surface area contributed by atoms with E-state index in [1.807, 2.05) is 12.4 Å². The van der Waals surface area contributed by atoms with E-state index in [-0.39, 0.29) is 0 Å². The van der Waals surface area contributed by atoms with Crippen LogP contribution in [0.5, 0.6) is 0 Å². The highest BCUT2D eigenvalue weighted by Gasteiger charge is 2.41. The first-order chi connectivity index (χ1) is 7.67. The monoisotopic (exact) mass is 221 g/mol. The Hall–Kier alpha value is -0.830. The molecule has 0 saturated heterocycles. The molecule has 0 spiro atoms. The number of rotatable bonds is 6. The molecule has 2 rings (SSSR count). The van der Waals surface area contributed by atoms with Gasteiger partial charge in [0.2, 0.25) is 0 Å². The average Bonchev–Trinajstić information content (AvgIpc) is 2.89. The predicted molar refractivity (Wildman–Crippen MR) is 66.2 cm³/mol. The Kier molecular flexibility index (Phi) is 3.33. The number of aromatic nitrogens is 2. The van der Waals surface area contributed by atoms with E-state index >= 15 is 0 Å². The molecule has 1 aliphatic carbocycles. The molecule has 1 aliphatic rings. The Bertz CT molecular complexity index is 339. The Labute approximate surface area is 98.3 Å². The minimum atomic E-state index is 0.356. The molecule has 0 aliphatic heterocycles. The zero-order valence-corrected chi connectivity index (χ0v) is 10.7. The molecule has 3 nitrogen and oxygen atoms in total. The summed E-state index contributed by atoms with van der Waals surface area (Å²) < 4.78 is 2.09. The van der Waals surface area contributed by atoms with Crippen LogP contribution >= 0.6 is 0 Å². The predicted octanol–water partition coefficient (Wildman–Crippen LogP) is 2.65. The maximum atomic E-state index is 4.38. The van der Waals surface area contributed by atoms with Crippen molar-refractivity contribution in [3.8, 4) is 0 Å². The van der Waals surface area contributed by atoms with Crippen LogP contribution in [-0.2, 0) is 7.05 Å². The summed E-state index contributed by atoms with van der Waals surface area (Å²) in [6.45, 7) is 5.63. The Morgan fingerprint density at radius 2 is 2.31 bits per heavy atom. The lowest BCUT2D eigenvalue weighted by molar-refractivity contribution is 0.389. The Balaban J connectivity index is 1.84. The van der Waals surface area contributed by atoms with Gasteiger partial charge in [0.05, 0.1) is 6.04 Å². The fraction of sp³-hybridized carbons (Fsp3) is 0.769. The molecule has 1 heterocycles. The van der Waals surface area contributed by atoms with Crippen molar-refractivity contribution >= 4 is 0 Å². The van der Waals surface area contributed by atoms with Gasteiger partial charge < -0.3 is 9.88 Å². The van der Waals surface area contributed by atoms with E-state index in [1.165, 1.54) is 25.7 Å². The van der Waals surface area contributed by atoms with Crippen molar-refractivity contribution in [3.05, 3.63) is 18.2 Å². The number of nitrogens with one attached hydrogen (secondary N) is 1. The van der Waals surface area contributed by atoms with Gasteiger partial charge >= 0.3 is 0 Å². The van der Waals surface area contributed by atoms with Crippen molar-refractivity contribution in [1.29, 1.82) is 0 Å². The summed E-state index contributed by atoms with van der Waals surface area (Å²) in [5, 5.41) is 3.63. The van der Waals surface area contributed by atoms with Crippen molar-refractivity contribution in [2.45, 2.75) is 45.6 Å². The van der Waals surface area contributed by atoms with Gasteiger partial charge in [0.15, 0.2) is 0 Å². The van der Waals surface area contributed by atoms with Crippen LogP contribution in [0.15, 0.2) is 12.4 Å². The fourth-order valence-electron chi connectivity index (χ4n) is 2.48. The van der Waals surface area contributed by atoms with Crippen LogP contribution in [0.2, 0.25) is 0 Å². The zero-order valence-electron chi connectivity index (χ0n) is 10.7. The molecule has 1 unspecified atom stereocenters. The lowest BCUT2D eigenvalue weighted by Crippen LogP contribution is -2.28. The molecule has 0 radical (unpaired) electrons. The maximum absolute atomic E-state index is 4.38. The Morgan fingerprint density at radius 3 is 2.81 bits per heavy atom. The van der Waals surface area contributed by atoms with E-state index in [0.717, 1.165) is 12.4 Å². The molecule has 1 saturated carbocycles. The van der Waals surface area contributed by atoms with Gasteiger partial charge in [0.1, 0.15) is 5.82 Å². The third-order valence-electron chi connectivity index (χ3n) is 3.77. The summed E-state index contributed by atoms with van der Waals surface area (Å²) in [6, 6.07) is 0.356. The summed E-state index contributed by atoms with van der Waals surface area (Å²) in [7, 11) is 2.06. The first-order valence-corrected chi connectivity index (χ1v) is 6.37. The van der Waals surface area contributed by atoms with Gasteiger partial charge in [0, 0.05) is 26.0 Å². The van der Waals surface area contributed by atoms with Gasteiger partial charge in [-0.3, -0.25) is 0 Å². The first-order valence-electron chi connectivity index (χ1n) is 6.37. The number of hydrogen-bond donors (Lipinski definition) is 1. The van der Waals surface area contributed by atoms with E-state index in [0.29, 0.717) is 11.5 Å². The third-order valence-corrected chi connectivity index (χ3v) is 3.77. The summed E-state index contributed by atoms with van der Waals surface area (Å²) in [5.74, 6) is 1.13. The fourth-order valence-corrected chi connectivity index (χ4v) is 2.48. The number of imidazole rings is 1. The van der Waals surface area contributed by atoms with E-state index in [9.17, 15) is 0 Å². The number of nitrogens with zero attached hydrogens (tertiary/aromatic N) is 2. The normalized spacial score (nSPS) is 19.7. The lowest BCUT2D eigenvalue weighted by atomic mass is 10.0. The van der Waals surface area contributed by atoms with Crippen LogP contribution in [0, 0.1) is 5.41 Å². The smallest absolute Gasteiger partial charge is 0.125 e. The molecular formula is C13H23N3. The second-order valence-electron chi connectivity index (χ2n) is 5.25. The highest BCUT2D eigenvalue weighted by molar-refractivity contribution is 5.00. The van der Waals surface area contributed by atoms with E-state index in [2.05, 4.69) is 35.8 Å². The highest BCUT2D eigenvalue weighted by Crippen LogP contribution is 2.49. The van der Waals surface area contributed by atoms with Crippen LogP contribution in [-0.4, -0.2) is 16.1 Å². The van der Waals surface area contributed by atoms with Gasteiger partial charge in [-0.2, -0.15) is 0 Å². The highest BCUT2D eigenvalue weighted by atomic mass is 15.1. The minimum Gasteiger partial charge on any atom is -0.337 e. The molecule has 1 N–H and O–H groups in total. The van der Waals surface area contributed by atoms with Crippen LogP contribution in [0.25, 0.3) is 0 Å². The molecule has 16 heavy (non-hydrogen) atoms.